The molecule has 0 aliphatic heterocycles. The van der Waals surface area contributed by atoms with Crippen LogP contribution in [0.5, 0.6) is 0 Å². The highest BCUT2D eigenvalue weighted by Crippen LogP contribution is 2.28. The zero-order chi connectivity index (χ0) is 23.8. The fraction of sp³-hybridized carbons (Fsp3) is 0.276. The molecular formula is C29H31FN2O. The molecule has 1 aromatic heterocycles. The standard InChI is InChI=1S/C29H31FN2O/c1-18-6-15-25(30)27-26(18)24(19(2)32-27)16-17-31-28(33)22-9-7-20(8-10-22)21-11-13-23(14-12-21)29(3,4)5/h6-15,32H,16-17H2,1-5H3,(H,31,33). The molecule has 4 heteroatoms. The van der Waals surface area contributed by atoms with Crippen LogP contribution in [0.25, 0.3) is 22.0 Å². The van der Waals surface area contributed by atoms with E-state index in [1.54, 1.807) is 6.07 Å². The minimum atomic E-state index is -0.248. The quantitative estimate of drug-likeness (QED) is 0.348. The SMILES string of the molecule is Cc1[nH]c2c(F)ccc(C)c2c1CCNC(=O)c1ccc(-c2ccc(C(C)(C)C)cc2)cc1. The second-order valence-corrected chi connectivity index (χ2v) is 9.75. The number of rotatable bonds is 5. The molecule has 170 valence electrons. The Morgan fingerprint density at radius 2 is 1.52 bits per heavy atom. The number of halogens is 1. The molecule has 2 N–H and O–H groups in total. The number of carbonyl (C=O) groups excluding carboxylic acids is 1. The summed E-state index contributed by atoms with van der Waals surface area (Å²) in [5.74, 6) is -0.354. The fourth-order valence-corrected chi connectivity index (χ4v) is 4.34. The Kier molecular flexibility index (Phi) is 6.11. The summed E-state index contributed by atoms with van der Waals surface area (Å²) in [6.45, 7) is 11.0. The molecule has 0 saturated carbocycles. The molecule has 0 unspecified atom stereocenters. The van der Waals surface area contributed by atoms with Crippen LogP contribution in [0, 0.1) is 19.7 Å². The predicted molar refractivity (Wildman–Crippen MR) is 134 cm³/mol. The number of amides is 1. The highest BCUT2D eigenvalue weighted by Gasteiger charge is 2.15. The first-order valence-corrected chi connectivity index (χ1v) is 11.4. The lowest BCUT2D eigenvalue weighted by atomic mass is 9.86. The third kappa shape index (κ3) is 4.70. The second kappa shape index (κ2) is 8.86. The number of aryl methyl sites for hydroxylation is 2. The number of benzene rings is 3. The maximum Gasteiger partial charge on any atom is 0.251 e. The molecule has 0 aliphatic carbocycles. The number of fused-ring (bicyclic) bond motifs is 1. The van der Waals surface area contributed by atoms with Crippen LogP contribution < -0.4 is 5.32 Å². The highest BCUT2D eigenvalue weighted by molar-refractivity contribution is 5.95. The molecule has 4 aromatic rings. The molecule has 0 fully saturated rings. The first kappa shape index (κ1) is 22.8. The second-order valence-electron chi connectivity index (χ2n) is 9.75. The summed E-state index contributed by atoms with van der Waals surface area (Å²) in [6.07, 6.45) is 0.639. The summed E-state index contributed by atoms with van der Waals surface area (Å²) in [7, 11) is 0. The van der Waals surface area contributed by atoms with Crippen LogP contribution in [0.2, 0.25) is 0 Å². The minimum Gasteiger partial charge on any atom is -0.356 e. The van der Waals surface area contributed by atoms with E-state index in [9.17, 15) is 9.18 Å². The molecule has 0 radical (unpaired) electrons. The van der Waals surface area contributed by atoms with Gasteiger partial charge in [-0.25, -0.2) is 4.39 Å². The van der Waals surface area contributed by atoms with Crippen molar-refractivity contribution in [2.75, 3.05) is 6.54 Å². The van der Waals surface area contributed by atoms with Crippen LogP contribution in [0.4, 0.5) is 4.39 Å². The van der Waals surface area contributed by atoms with Gasteiger partial charge in [-0.15, -0.1) is 0 Å². The van der Waals surface area contributed by atoms with Gasteiger partial charge in [-0.1, -0.05) is 63.2 Å². The summed E-state index contributed by atoms with van der Waals surface area (Å²) in [6, 6.07) is 19.6. The Labute approximate surface area is 195 Å². The number of carbonyl (C=O) groups is 1. The van der Waals surface area contributed by atoms with Crippen LogP contribution in [0.3, 0.4) is 0 Å². The number of aromatic nitrogens is 1. The number of hydrogen-bond acceptors (Lipinski definition) is 1. The predicted octanol–water partition coefficient (Wildman–Crippen LogP) is 6.86. The van der Waals surface area contributed by atoms with Gasteiger partial charge in [0.05, 0.1) is 5.52 Å². The third-order valence-corrected chi connectivity index (χ3v) is 6.32. The molecule has 0 atom stereocenters. The van der Waals surface area contributed by atoms with E-state index in [-0.39, 0.29) is 17.1 Å². The van der Waals surface area contributed by atoms with Gasteiger partial charge in [0.25, 0.3) is 5.91 Å². The Balaban J connectivity index is 1.41. The van der Waals surface area contributed by atoms with Crippen molar-refractivity contribution in [3.8, 4) is 11.1 Å². The van der Waals surface area contributed by atoms with Crippen molar-refractivity contribution in [1.29, 1.82) is 0 Å². The molecule has 1 heterocycles. The van der Waals surface area contributed by atoms with E-state index in [1.807, 2.05) is 38.1 Å². The van der Waals surface area contributed by atoms with Crippen molar-refractivity contribution in [3.63, 3.8) is 0 Å². The Hall–Kier alpha value is -3.40. The van der Waals surface area contributed by atoms with E-state index < -0.39 is 0 Å². The highest BCUT2D eigenvalue weighted by atomic mass is 19.1. The number of H-pyrrole nitrogens is 1. The normalized spacial score (nSPS) is 11.7. The lowest BCUT2D eigenvalue weighted by Gasteiger charge is -2.19. The smallest absolute Gasteiger partial charge is 0.251 e. The molecule has 3 nitrogen and oxygen atoms in total. The third-order valence-electron chi connectivity index (χ3n) is 6.32. The maximum absolute atomic E-state index is 14.2. The molecule has 3 aromatic carbocycles. The molecule has 0 aliphatic rings. The largest absolute Gasteiger partial charge is 0.356 e. The molecule has 0 bridgehead atoms. The number of hydrogen-bond donors (Lipinski definition) is 2. The van der Waals surface area contributed by atoms with Crippen molar-refractivity contribution in [2.24, 2.45) is 0 Å². The van der Waals surface area contributed by atoms with Crippen LogP contribution in [0.1, 0.15) is 53.5 Å². The maximum atomic E-state index is 14.2. The van der Waals surface area contributed by atoms with Crippen molar-refractivity contribution in [3.05, 3.63) is 94.4 Å². The van der Waals surface area contributed by atoms with Crippen LogP contribution in [-0.4, -0.2) is 17.4 Å². The lowest BCUT2D eigenvalue weighted by Crippen LogP contribution is -2.25. The molecule has 0 saturated heterocycles. The molecular weight excluding hydrogens is 411 g/mol. The van der Waals surface area contributed by atoms with Gasteiger partial charge in [-0.2, -0.15) is 0 Å². The Morgan fingerprint density at radius 1 is 0.909 bits per heavy atom. The topological polar surface area (TPSA) is 44.9 Å². The first-order valence-electron chi connectivity index (χ1n) is 11.4. The number of aromatic amines is 1. The van der Waals surface area contributed by atoms with Gasteiger partial charge in [0.1, 0.15) is 5.82 Å². The van der Waals surface area contributed by atoms with Gasteiger partial charge >= 0.3 is 0 Å². The Morgan fingerprint density at radius 3 is 2.12 bits per heavy atom. The number of nitrogens with one attached hydrogen (secondary N) is 2. The van der Waals surface area contributed by atoms with Crippen molar-refractivity contribution in [1.82, 2.24) is 10.3 Å². The summed E-state index contributed by atoms with van der Waals surface area (Å²) < 4.78 is 14.2. The van der Waals surface area contributed by atoms with Crippen LogP contribution >= 0.6 is 0 Å². The van der Waals surface area contributed by atoms with Gasteiger partial charge in [-0.3, -0.25) is 4.79 Å². The summed E-state index contributed by atoms with van der Waals surface area (Å²) >= 11 is 0. The summed E-state index contributed by atoms with van der Waals surface area (Å²) in [4.78, 5) is 15.8. The molecule has 0 spiro atoms. The van der Waals surface area contributed by atoms with E-state index in [0.29, 0.717) is 24.0 Å². The zero-order valence-electron chi connectivity index (χ0n) is 20.0. The monoisotopic (exact) mass is 442 g/mol. The molecule has 1 amide bonds. The van der Waals surface area contributed by atoms with Gasteiger partial charge < -0.3 is 10.3 Å². The van der Waals surface area contributed by atoms with E-state index >= 15 is 0 Å². The van der Waals surface area contributed by atoms with Gasteiger partial charge in [-0.05, 0) is 71.7 Å². The molecule has 33 heavy (non-hydrogen) atoms. The van der Waals surface area contributed by atoms with Crippen molar-refractivity contribution in [2.45, 2.75) is 46.5 Å². The van der Waals surface area contributed by atoms with Crippen molar-refractivity contribution >= 4 is 16.8 Å². The van der Waals surface area contributed by atoms with Crippen molar-refractivity contribution < 1.29 is 9.18 Å². The molecule has 4 rings (SSSR count). The van der Waals surface area contributed by atoms with E-state index in [2.05, 4.69) is 55.3 Å². The van der Waals surface area contributed by atoms with E-state index in [4.69, 9.17) is 0 Å². The zero-order valence-corrected chi connectivity index (χ0v) is 20.0. The van der Waals surface area contributed by atoms with Gasteiger partial charge in [0.2, 0.25) is 0 Å². The average Bonchev–Trinajstić information content (AvgIpc) is 3.13. The lowest BCUT2D eigenvalue weighted by molar-refractivity contribution is 0.0954. The van der Waals surface area contributed by atoms with Gasteiger partial charge in [0, 0.05) is 23.2 Å². The summed E-state index contributed by atoms with van der Waals surface area (Å²) in [5.41, 5.74) is 7.83. The Bertz CT molecular complexity index is 1290. The van der Waals surface area contributed by atoms with Crippen LogP contribution in [0.15, 0.2) is 60.7 Å². The van der Waals surface area contributed by atoms with Gasteiger partial charge in [0.15, 0.2) is 0 Å². The average molecular weight is 443 g/mol. The minimum absolute atomic E-state index is 0.106. The first-order chi connectivity index (χ1) is 15.6. The van der Waals surface area contributed by atoms with Crippen LogP contribution in [-0.2, 0) is 11.8 Å². The summed E-state index contributed by atoms with van der Waals surface area (Å²) in [5, 5.41) is 3.92. The van der Waals surface area contributed by atoms with E-state index in [0.717, 1.165) is 33.3 Å². The fourth-order valence-electron chi connectivity index (χ4n) is 4.34. The van der Waals surface area contributed by atoms with E-state index in [1.165, 1.54) is 11.6 Å².